The molecule has 1 fully saturated rings. The Morgan fingerprint density at radius 1 is 1.45 bits per heavy atom. The molecular weight excluding hydrogens is 277 g/mol. The van der Waals surface area contributed by atoms with E-state index in [0.29, 0.717) is 24.3 Å². The van der Waals surface area contributed by atoms with E-state index in [-0.39, 0.29) is 5.02 Å². The number of nitriles is 1. The minimum Gasteiger partial charge on any atom is -0.387 e. The van der Waals surface area contributed by atoms with Crippen molar-refractivity contribution in [3.05, 3.63) is 34.6 Å². The van der Waals surface area contributed by atoms with Gasteiger partial charge in [0.05, 0.1) is 17.6 Å². The molecular formula is C16H19ClFNO. The molecule has 0 amide bonds. The standard InChI is InChI=1S/C16H19ClFNO/c1-2-11-3-5-16(10-19,6-4-11)15(20)12-7-13(17)9-14(18)8-12/h7-9,11,15,20H,2-6H2,1H3. The predicted octanol–water partition coefficient (Wildman–Crippen LogP) is 4.62. The number of hydrogen-bond donors (Lipinski definition) is 1. The molecule has 1 N–H and O–H groups in total. The van der Waals surface area contributed by atoms with E-state index < -0.39 is 17.3 Å². The van der Waals surface area contributed by atoms with Crippen molar-refractivity contribution in [2.45, 2.75) is 45.1 Å². The molecule has 0 bridgehead atoms. The molecule has 0 heterocycles. The molecule has 1 aromatic rings. The van der Waals surface area contributed by atoms with Gasteiger partial charge < -0.3 is 5.11 Å². The summed E-state index contributed by atoms with van der Waals surface area (Å²) >= 11 is 5.83. The molecule has 108 valence electrons. The second-order valence-electron chi connectivity index (χ2n) is 5.72. The lowest BCUT2D eigenvalue weighted by Crippen LogP contribution is -2.32. The van der Waals surface area contributed by atoms with Crippen molar-refractivity contribution in [2.24, 2.45) is 11.3 Å². The summed E-state index contributed by atoms with van der Waals surface area (Å²) in [6.45, 7) is 2.15. The van der Waals surface area contributed by atoms with E-state index in [1.165, 1.54) is 12.1 Å². The molecule has 1 aromatic carbocycles. The predicted molar refractivity (Wildman–Crippen MR) is 76.7 cm³/mol. The highest BCUT2D eigenvalue weighted by Gasteiger charge is 2.42. The first kappa shape index (κ1) is 15.3. The number of aliphatic hydroxyl groups excluding tert-OH is 1. The fourth-order valence-corrected chi connectivity index (χ4v) is 3.33. The molecule has 1 saturated carbocycles. The topological polar surface area (TPSA) is 44.0 Å². The average Bonchev–Trinajstić information content (AvgIpc) is 2.45. The Morgan fingerprint density at radius 3 is 2.60 bits per heavy atom. The zero-order valence-corrected chi connectivity index (χ0v) is 12.3. The maximum absolute atomic E-state index is 13.4. The molecule has 2 nitrogen and oxygen atoms in total. The van der Waals surface area contributed by atoms with Crippen LogP contribution in [-0.2, 0) is 0 Å². The van der Waals surface area contributed by atoms with Crippen molar-refractivity contribution >= 4 is 11.6 Å². The summed E-state index contributed by atoms with van der Waals surface area (Å²) in [7, 11) is 0. The van der Waals surface area contributed by atoms with Crippen LogP contribution in [0.25, 0.3) is 0 Å². The zero-order valence-electron chi connectivity index (χ0n) is 11.6. The third-order valence-electron chi connectivity index (χ3n) is 4.52. The molecule has 1 aliphatic rings. The lowest BCUT2D eigenvalue weighted by atomic mass is 9.66. The summed E-state index contributed by atoms with van der Waals surface area (Å²) in [4.78, 5) is 0. The van der Waals surface area contributed by atoms with Gasteiger partial charge in [0.1, 0.15) is 5.82 Å². The van der Waals surface area contributed by atoms with Crippen molar-refractivity contribution in [1.29, 1.82) is 5.26 Å². The van der Waals surface area contributed by atoms with Crippen LogP contribution in [0.5, 0.6) is 0 Å². The average molecular weight is 296 g/mol. The molecule has 0 aliphatic heterocycles. The van der Waals surface area contributed by atoms with Crippen LogP contribution in [0, 0.1) is 28.5 Å². The van der Waals surface area contributed by atoms with E-state index >= 15 is 0 Å². The first-order chi connectivity index (χ1) is 9.50. The molecule has 4 heteroatoms. The molecule has 0 spiro atoms. The van der Waals surface area contributed by atoms with Gasteiger partial charge in [-0.25, -0.2) is 4.39 Å². The monoisotopic (exact) mass is 295 g/mol. The van der Waals surface area contributed by atoms with Crippen LogP contribution in [-0.4, -0.2) is 5.11 Å². The maximum atomic E-state index is 13.4. The third kappa shape index (κ3) is 2.97. The highest BCUT2D eigenvalue weighted by molar-refractivity contribution is 6.30. The van der Waals surface area contributed by atoms with Gasteiger partial charge in [0.2, 0.25) is 0 Å². The maximum Gasteiger partial charge on any atom is 0.125 e. The van der Waals surface area contributed by atoms with E-state index in [1.807, 2.05) is 0 Å². The van der Waals surface area contributed by atoms with E-state index in [1.54, 1.807) is 6.07 Å². The first-order valence-corrected chi connectivity index (χ1v) is 7.44. The molecule has 1 unspecified atom stereocenters. The van der Waals surface area contributed by atoms with Gasteiger partial charge in [-0.2, -0.15) is 5.26 Å². The molecule has 1 atom stereocenters. The number of hydrogen-bond acceptors (Lipinski definition) is 2. The van der Waals surface area contributed by atoms with Gasteiger partial charge in [0.25, 0.3) is 0 Å². The normalized spacial score (nSPS) is 27.9. The van der Waals surface area contributed by atoms with Crippen LogP contribution < -0.4 is 0 Å². The van der Waals surface area contributed by atoms with E-state index in [9.17, 15) is 14.8 Å². The summed E-state index contributed by atoms with van der Waals surface area (Å²) < 4.78 is 13.4. The van der Waals surface area contributed by atoms with Crippen LogP contribution in [0.3, 0.4) is 0 Å². The van der Waals surface area contributed by atoms with E-state index in [2.05, 4.69) is 13.0 Å². The highest BCUT2D eigenvalue weighted by Crippen LogP contribution is 2.48. The minimum atomic E-state index is -0.987. The Hall–Kier alpha value is -1.11. The van der Waals surface area contributed by atoms with Crippen LogP contribution >= 0.6 is 11.6 Å². The summed E-state index contributed by atoms with van der Waals surface area (Å²) in [5.74, 6) is 0.140. The van der Waals surface area contributed by atoms with Crippen LogP contribution in [0.2, 0.25) is 5.02 Å². The quantitative estimate of drug-likeness (QED) is 0.884. The van der Waals surface area contributed by atoms with Crippen LogP contribution in [0.1, 0.15) is 50.7 Å². The lowest BCUT2D eigenvalue weighted by Gasteiger charge is -2.38. The number of rotatable bonds is 3. The van der Waals surface area contributed by atoms with Gasteiger partial charge in [0, 0.05) is 5.02 Å². The van der Waals surface area contributed by atoms with Crippen LogP contribution in [0.4, 0.5) is 4.39 Å². The summed E-state index contributed by atoms with van der Waals surface area (Å²) in [6, 6.07) is 6.29. The second kappa shape index (κ2) is 6.11. The molecule has 0 radical (unpaired) electrons. The Kier molecular flexibility index (Phi) is 4.67. The summed E-state index contributed by atoms with van der Waals surface area (Å²) in [5.41, 5.74) is -0.422. The van der Waals surface area contributed by atoms with Gasteiger partial charge in [0.15, 0.2) is 0 Å². The molecule has 1 aliphatic carbocycles. The zero-order chi connectivity index (χ0) is 14.8. The number of aliphatic hydroxyl groups is 1. The fourth-order valence-electron chi connectivity index (χ4n) is 3.10. The number of nitrogens with zero attached hydrogens (tertiary/aromatic N) is 1. The first-order valence-electron chi connectivity index (χ1n) is 7.06. The largest absolute Gasteiger partial charge is 0.387 e. The number of benzene rings is 1. The van der Waals surface area contributed by atoms with Crippen molar-refractivity contribution in [3.63, 3.8) is 0 Å². The highest BCUT2D eigenvalue weighted by atomic mass is 35.5. The Labute approximate surface area is 124 Å². The van der Waals surface area contributed by atoms with Gasteiger partial charge >= 0.3 is 0 Å². The van der Waals surface area contributed by atoms with E-state index in [4.69, 9.17) is 11.6 Å². The summed E-state index contributed by atoms with van der Waals surface area (Å²) in [6.07, 6.45) is 3.28. The summed E-state index contributed by atoms with van der Waals surface area (Å²) in [5, 5.41) is 20.3. The fraction of sp³-hybridized carbons (Fsp3) is 0.562. The molecule has 20 heavy (non-hydrogen) atoms. The van der Waals surface area contributed by atoms with Crippen molar-refractivity contribution < 1.29 is 9.50 Å². The van der Waals surface area contributed by atoms with Crippen molar-refractivity contribution in [2.75, 3.05) is 0 Å². The number of halogens is 2. The Morgan fingerprint density at radius 2 is 2.10 bits per heavy atom. The smallest absolute Gasteiger partial charge is 0.125 e. The Bertz CT molecular complexity index is 497. The van der Waals surface area contributed by atoms with Gasteiger partial charge in [-0.05, 0) is 55.4 Å². The van der Waals surface area contributed by atoms with E-state index in [0.717, 1.165) is 19.3 Å². The third-order valence-corrected chi connectivity index (χ3v) is 4.74. The molecule has 2 rings (SSSR count). The lowest BCUT2D eigenvalue weighted by molar-refractivity contribution is 0.0241. The minimum absolute atomic E-state index is 0.245. The Balaban J connectivity index is 2.25. The van der Waals surface area contributed by atoms with Crippen molar-refractivity contribution in [1.82, 2.24) is 0 Å². The van der Waals surface area contributed by atoms with Gasteiger partial charge in [-0.1, -0.05) is 24.9 Å². The van der Waals surface area contributed by atoms with Gasteiger partial charge in [-0.15, -0.1) is 0 Å². The molecule has 0 aromatic heterocycles. The van der Waals surface area contributed by atoms with Crippen LogP contribution in [0.15, 0.2) is 18.2 Å². The molecule has 0 saturated heterocycles. The second-order valence-corrected chi connectivity index (χ2v) is 6.16. The van der Waals surface area contributed by atoms with Gasteiger partial charge in [-0.3, -0.25) is 0 Å². The van der Waals surface area contributed by atoms with Crippen molar-refractivity contribution in [3.8, 4) is 6.07 Å². The SMILES string of the molecule is CCC1CCC(C#N)(C(O)c2cc(F)cc(Cl)c2)CC1.